The zero-order valence-corrected chi connectivity index (χ0v) is 25.1. The highest BCUT2D eigenvalue weighted by Gasteiger charge is 2.36. The molecular weight excluding hydrogens is 568 g/mol. The molecule has 1 N–H and O–H groups in total. The van der Waals surface area contributed by atoms with Crippen molar-refractivity contribution in [3.63, 3.8) is 0 Å². The molecule has 3 heterocycles. The minimum Gasteiger partial charge on any atom is -0.497 e. The Morgan fingerprint density at radius 3 is 2.30 bits per heavy atom. The quantitative estimate of drug-likeness (QED) is 0.300. The molecule has 3 aromatic carbocycles. The fraction of sp³-hybridized carbons (Fsp3) is 0.333. The Bertz CT molecular complexity index is 1600. The molecule has 4 aromatic rings. The van der Waals surface area contributed by atoms with Crippen molar-refractivity contribution in [1.82, 2.24) is 19.7 Å². The van der Waals surface area contributed by atoms with E-state index < -0.39 is 12.1 Å². The van der Waals surface area contributed by atoms with Crippen molar-refractivity contribution >= 4 is 34.5 Å². The number of aromatic nitrogens is 1. The highest BCUT2D eigenvalue weighted by atomic mass is 35.5. The SMILES string of the molecule is CCN1CCN(C(=O)COc2ccc(C3c4[nH]c5ccc(Cl)cc5c4CCN3C(=O)Oc3ccc(OC)cc3)cc2)CC1. The van der Waals surface area contributed by atoms with Crippen molar-refractivity contribution in [2.45, 2.75) is 19.4 Å². The van der Waals surface area contributed by atoms with Crippen LogP contribution < -0.4 is 14.2 Å². The lowest BCUT2D eigenvalue weighted by Crippen LogP contribution is -2.49. The molecule has 2 aliphatic heterocycles. The highest BCUT2D eigenvalue weighted by Crippen LogP contribution is 2.40. The topological polar surface area (TPSA) is 87.3 Å². The van der Waals surface area contributed by atoms with E-state index in [0.29, 0.717) is 35.2 Å². The van der Waals surface area contributed by atoms with Crippen LogP contribution in [0.15, 0.2) is 66.7 Å². The van der Waals surface area contributed by atoms with Gasteiger partial charge in [-0.3, -0.25) is 9.69 Å². The number of fused-ring (bicyclic) bond motifs is 3. The number of piperazine rings is 1. The van der Waals surface area contributed by atoms with Gasteiger partial charge in [-0.1, -0.05) is 30.7 Å². The molecule has 43 heavy (non-hydrogen) atoms. The van der Waals surface area contributed by atoms with Crippen molar-refractivity contribution in [2.75, 3.05) is 53.0 Å². The first kappa shape index (κ1) is 28.9. The summed E-state index contributed by atoms with van der Waals surface area (Å²) in [6, 6.07) is 19.9. The lowest BCUT2D eigenvalue weighted by atomic mass is 9.92. The molecular formula is C33H35ClN4O5. The summed E-state index contributed by atoms with van der Waals surface area (Å²) < 4.78 is 16.9. The van der Waals surface area contributed by atoms with Crippen LogP contribution in [0.25, 0.3) is 10.9 Å². The van der Waals surface area contributed by atoms with E-state index in [9.17, 15) is 9.59 Å². The van der Waals surface area contributed by atoms with Crippen LogP contribution in [-0.2, 0) is 11.2 Å². The number of H-pyrrole nitrogens is 1. The van der Waals surface area contributed by atoms with E-state index in [0.717, 1.165) is 60.4 Å². The van der Waals surface area contributed by atoms with Gasteiger partial charge in [0.2, 0.25) is 0 Å². The number of halogens is 1. The Hall–Kier alpha value is -4.21. The molecule has 0 radical (unpaired) electrons. The Kier molecular flexibility index (Phi) is 8.44. The second-order valence-corrected chi connectivity index (χ2v) is 11.2. The molecule has 6 rings (SSSR count). The molecule has 1 fully saturated rings. The number of hydrogen-bond donors (Lipinski definition) is 1. The lowest BCUT2D eigenvalue weighted by Gasteiger charge is -2.35. The van der Waals surface area contributed by atoms with Gasteiger partial charge in [0.25, 0.3) is 5.91 Å². The molecule has 0 saturated carbocycles. The number of hydrogen-bond acceptors (Lipinski definition) is 6. The number of carbonyl (C=O) groups is 2. The van der Waals surface area contributed by atoms with Crippen molar-refractivity contribution < 1.29 is 23.8 Å². The third-order valence-electron chi connectivity index (χ3n) is 8.32. The maximum atomic E-state index is 13.6. The molecule has 1 atom stereocenters. The largest absolute Gasteiger partial charge is 0.497 e. The Morgan fingerprint density at radius 1 is 0.907 bits per heavy atom. The number of nitrogens with one attached hydrogen (secondary N) is 1. The fourth-order valence-corrected chi connectivity index (χ4v) is 6.08. The lowest BCUT2D eigenvalue weighted by molar-refractivity contribution is -0.135. The number of amides is 2. The van der Waals surface area contributed by atoms with E-state index in [2.05, 4.69) is 16.8 Å². The maximum Gasteiger partial charge on any atom is 0.416 e. The van der Waals surface area contributed by atoms with Crippen LogP contribution >= 0.6 is 11.6 Å². The van der Waals surface area contributed by atoms with Crippen molar-refractivity contribution in [3.05, 3.63) is 88.6 Å². The summed E-state index contributed by atoms with van der Waals surface area (Å²) in [6.45, 7) is 6.79. The third-order valence-corrected chi connectivity index (χ3v) is 8.55. The molecule has 0 bridgehead atoms. The predicted molar refractivity (Wildman–Crippen MR) is 165 cm³/mol. The van der Waals surface area contributed by atoms with Crippen LogP contribution in [0.2, 0.25) is 5.02 Å². The second kappa shape index (κ2) is 12.6. The number of benzene rings is 3. The normalized spacial score (nSPS) is 17.0. The van der Waals surface area contributed by atoms with Crippen LogP contribution in [-0.4, -0.2) is 84.7 Å². The van der Waals surface area contributed by atoms with Crippen molar-refractivity contribution in [3.8, 4) is 17.2 Å². The standard InChI is InChI=1S/C33H35ClN4O5/c1-3-36-16-18-37(19-17-36)30(39)21-42-25-7-4-22(5-8-25)32-31-27(28-20-23(34)6-13-29(28)35-31)14-15-38(32)33(40)43-26-11-9-24(41-2)10-12-26/h4-13,20,32,35H,3,14-19,21H2,1-2H3. The van der Waals surface area contributed by atoms with Crippen LogP contribution in [0.3, 0.4) is 0 Å². The van der Waals surface area contributed by atoms with E-state index >= 15 is 0 Å². The van der Waals surface area contributed by atoms with Crippen molar-refractivity contribution in [1.29, 1.82) is 0 Å². The van der Waals surface area contributed by atoms with Gasteiger partial charge in [0.1, 0.15) is 23.3 Å². The van der Waals surface area contributed by atoms with Crippen LogP contribution in [0.1, 0.15) is 29.8 Å². The van der Waals surface area contributed by atoms with Crippen LogP contribution in [0, 0.1) is 0 Å². The number of nitrogens with zero attached hydrogens (tertiary/aromatic N) is 3. The number of methoxy groups -OCH3 is 1. The van der Waals surface area contributed by atoms with Gasteiger partial charge in [0.15, 0.2) is 6.61 Å². The first-order valence-corrected chi connectivity index (χ1v) is 15.0. The zero-order valence-electron chi connectivity index (χ0n) is 24.3. The summed E-state index contributed by atoms with van der Waals surface area (Å²) in [7, 11) is 1.59. The van der Waals surface area contributed by atoms with E-state index in [1.807, 2.05) is 47.4 Å². The number of likely N-dealkylation sites (N-methyl/N-ethyl adjacent to an activating group) is 1. The predicted octanol–water partition coefficient (Wildman–Crippen LogP) is 5.52. The molecule has 1 unspecified atom stereocenters. The summed E-state index contributed by atoms with van der Waals surface area (Å²) in [5.41, 5.74) is 3.90. The molecule has 9 nitrogen and oxygen atoms in total. The molecule has 0 aliphatic carbocycles. The van der Waals surface area contributed by atoms with Gasteiger partial charge >= 0.3 is 6.09 Å². The van der Waals surface area contributed by atoms with E-state index in [1.54, 1.807) is 36.3 Å². The van der Waals surface area contributed by atoms with Gasteiger partial charge in [-0.05, 0) is 78.7 Å². The smallest absolute Gasteiger partial charge is 0.416 e. The molecule has 2 aliphatic rings. The summed E-state index contributed by atoms with van der Waals surface area (Å²) in [4.78, 5) is 35.8. The summed E-state index contributed by atoms with van der Waals surface area (Å²) in [5.74, 6) is 1.69. The minimum absolute atomic E-state index is 0.0118. The molecule has 2 amide bonds. The number of ether oxygens (including phenoxy) is 3. The number of carbonyl (C=O) groups excluding carboxylic acids is 2. The van der Waals surface area contributed by atoms with Gasteiger partial charge in [-0.15, -0.1) is 0 Å². The summed E-state index contributed by atoms with van der Waals surface area (Å²) >= 11 is 6.34. The van der Waals surface area contributed by atoms with E-state index in [-0.39, 0.29) is 12.5 Å². The average Bonchev–Trinajstić information content (AvgIpc) is 3.41. The molecule has 0 spiro atoms. The minimum atomic E-state index is -0.452. The monoisotopic (exact) mass is 602 g/mol. The Labute approximate surface area is 255 Å². The van der Waals surface area contributed by atoms with Gasteiger partial charge in [-0.25, -0.2) is 4.79 Å². The number of aromatic amines is 1. The van der Waals surface area contributed by atoms with Gasteiger partial charge in [0.05, 0.1) is 7.11 Å². The van der Waals surface area contributed by atoms with E-state index in [1.165, 1.54) is 0 Å². The van der Waals surface area contributed by atoms with Gasteiger partial charge < -0.3 is 29.0 Å². The molecule has 1 aromatic heterocycles. The fourth-order valence-electron chi connectivity index (χ4n) is 5.90. The second-order valence-electron chi connectivity index (χ2n) is 10.8. The molecule has 10 heteroatoms. The Morgan fingerprint density at radius 2 is 1.60 bits per heavy atom. The molecule has 1 saturated heterocycles. The van der Waals surface area contributed by atoms with Crippen LogP contribution in [0.5, 0.6) is 17.2 Å². The van der Waals surface area contributed by atoms with Gasteiger partial charge in [-0.2, -0.15) is 0 Å². The zero-order chi connectivity index (χ0) is 29.9. The average molecular weight is 603 g/mol. The van der Waals surface area contributed by atoms with Crippen LogP contribution in [0.4, 0.5) is 4.79 Å². The highest BCUT2D eigenvalue weighted by molar-refractivity contribution is 6.31. The first-order chi connectivity index (χ1) is 20.9. The molecule has 224 valence electrons. The van der Waals surface area contributed by atoms with Gasteiger partial charge in [0, 0.05) is 54.3 Å². The third kappa shape index (κ3) is 6.14. The first-order valence-electron chi connectivity index (χ1n) is 14.6. The van der Waals surface area contributed by atoms with E-state index in [4.69, 9.17) is 25.8 Å². The summed E-state index contributed by atoms with van der Waals surface area (Å²) in [6.07, 6.45) is 0.200. The van der Waals surface area contributed by atoms with Crippen molar-refractivity contribution in [2.24, 2.45) is 0 Å². The Balaban J connectivity index is 1.23. The summed E-state index contributed by atoms with van der Waals surface area (Å²) in [5, 5.41) is 1.71. The maximum absolute atomic E-state index is 13.6. The number of rotatable bonds is 7.